The molecular formula is C30H31F2NO4. The Morgan fingerprint density at radius 3 is 2.51 bits per heavy atom. The van der Waals surface area contributed by atoms with E-state index in [4.69, 9.17) is 9.47 Å². The summed E-state index contributed by atoms with van der Waals surface area (Å²) in [4.78, 5) is 2.44. The molecule has 0 spiro atoms. The number of hydrogen-bond donors (Lipinski definition) is 2. The number of ether oxygens (including phenoxy) is 2. The molecule has 7 heteroatoms. The van der Waals surface area contributed by atoms with Gasteiger partial charge in [0.05, 0.1) is 0 Å². The molecule has 0 aromatic heterocycles. The average molecular weight is 508 g/mol. The Balaban J connectivity index is 1.45. The zero-order chi connectivity index (χ0) is 26.3. The summed E-state index contributed by atoms with van der Waals surface area (Å²) in [6.45, 7) is 8.99. The number of likely N-dealkylation sites (tertiary alicyclic amines) is 1. The van der Waals surface area contributed by atoms with Crippen molar-refractivity contribution in [2.45, 2.75) is 39.3 Å². The van der Waals surface area contributed by atoms with Crippen LogP contribution in [0.5, 0.6) is 23.0 Å². The number of nitrogens with zero attached hydrogens (tertiary/aromatic N) is 1. The topological polar surface area (TPSA) is 62.2 Å². The van der Waals surface area contributed by atoms with Gasteiger partial charge in [-0.15, -0.1) is 0 Å². The lowest BCUT2D eigenvalue weighted by Crippen LogP contribution is -2.35. The molecule has 3 aromatic carbocycles. The van der Waals surface area contributed by atoms with E-state index in [-0.39, 0.29) is 11.3 Å². The van der Waals surface area contributed by atoms with Crippen LogP contribution in [0.15, 0.2) is 54.6 Å². The van der Waals surface area contributed by atoms with Crippen LogP contribution in [0.4, 0.5) is 8.78 Å². The summed E-state index contributed by atoms with van der Waals surface area (Å²) in [7, 11) is 0. The molecule has 3 aromatic rings. The number of halogens is 2. The smallest absolute Gasteiger partial charge is 0.188 e. The van der Waals surface area contributed by atoms with Crippen LogP contribution in [-0.2, 0) is 0 Å². The second-order valence-corrected chi connectivity index (χ2v) is 10.1. The third-order valence-corrected chi connectivity index (χ3v) is 7.39. The Kier molecular flexibility index (Phi) is 6.82. The van der Waals surface area contributed by atoms with Gasteiger partial charge < -0.3 is 19.7 Å². The summed E-state index contributed by atoms with van der Waals surface area (Å²) >= 11 is 0. The fraction of sp³-hybridized carbons (Fsp3) is 0.333. The van der Waals surface area contributed by atoms with Crippen LogP contribution in [0.25, 0.3) is 11.1 Å². The molecule has 0 bridgehead atoms. The SMILES string of the molecule is CC1=C(c2ccc(F)c(O)c2F)C(c2ccc(OCC(C)N3CCC(C)C3)cc2)Oc2ccc(O)cc21. The minimum Gasteiger partial charge on any atom is -0.508 e. The van der Waals surface area contributed by atoms with Gasteiger partial charge >= 0.3 is 0 Å². The molecule has 2 N–H and O–H groups in total. The standard InChI is InChI=1S/C30H31F2NO4/c1-17-12-13-33(15-17)18(2)16-36-22-7-4-20(5-8-22)30-27(23-9-10-25(31)29(35)28(23)32)19(3)24-14-21(34)6-11-26(24)37-30/h4-11,14,17-18,30,34-35H,12-13,15-16H2,1-3H3. The van der Waals surface area contributed by atoms with Crippen LogP contribution in [0.3, 0.4) is 0 Å². The van der Waals surface area contributed by atoms with Gasteiger partial charge in [-0.2, -0.15) is 0 Å². The first-order valence-electron chi connectivity index (χ1n) is 12.6. The maximum atomic E-state index is 15.1. The zero-order valence-electron chi connectivity index (χ0n) is 21.2. The highest BCUT2D eigenvalue weighted by atomic mass is 19.1. The molecule has 37 heavy (non-hydrogen) atoms. The number of aromatic hydroxyl groups is 2. The fourth-order valence-corrected chi connectivity index (χ4v) is 5.20. The van der Waals surface area contributed by atoms with Crippen LogP contribution in [0.1, 0.15) is 50.0 Å². The summed E-state index contributed by atoms with van der Waals surface area (Å²) in [5.74, 6) is -1.13. The van der Waals surface area contributed by atoms with Crippen LogP contribution < -0.4 is 9.47 Å². The lowest BCUT2D eigenvalue weighted by atomic mass is 9.85. The molecule has 0 amide bonds. The lowest BCUT2D eigenvalue weighted by Gasteiger charge is -2.31. The number of phenolic OH excluding ortho intramolecular Hbond substituents is 2. The largest absolute Gasteiger partial charge is 0.508 e. The first kappa shape index (κ1) is 25.1. The van der Waals surface area contributed by atoms with Crippen molar-refractivity contribution in [3.05, 3.63) is 82.9 Å². The molecule has 2 aliphatic heterocycles. The molecule has 194 valence electrons. The predicted octanol–water partition coefficient (Wildman–Crippen LogP) is 6.55. The maximum Gasteiger partial charge on any atom is 0.188 e. The van der Waals surface area contributed by atoms with Gasteiger partial charge in [-0.05, 0) is 86.3 Å². The van der Waals surface area contributed by atoms with Gasteiger partial charge in [0, 0.05) is 29.3 Å². The lowest BCUT2D eigenvalue weighted by molar-refractivity contribution is 0.169. The Bertz CT molecular complexity index is 1340. The van der Waals surface area contributed by atoms with Crippen molar-refractivity contribution in [3.63, 3.8) is 0 Å². The van der Waals surface area contributed by atoms with E-state index >= 15 is 4.39 Å². The molecule has 0 saturated carbocycles. The number of rotatable bonds is 6. The molecule has 5 nitrogen and oxygen atoms in total. The summed E-state index contributed by atoms with van der Waals surface area (Å²) in [5.41, 5.74) is 2.46. The molecule has 2 heterocycles. The Morgan fingerprint density at radius 2 is 1.81 bits per heavy atom. The van der Waals surface area contributed by atoms with E-state index in [1.807, 2.05) is 24.3 Å². The van der Waals surface area contributed by atoms with Crippen molar-refractivity contribution >= 4 is 11.1 Å². The monoisotopic (exact) mass is 507 g/mol. The second kappa shape index (κ2) is 10.1. The van der Waals surface area contributed by atoms with E-state index in [9.17, 15) is 14.6 Å². The van der Waals surface area contributed by atoms with E-state index in [0.717, 1.165) is 30.5 Å². The van der Waals surface area contributed by atoms with Crippen molar-refractivity contribution in [1.29, 1.82) is 0 Å². The van der Waals surface area contributed by atoms with Crippen LogP contribution in [0, 0.1) is 17.6 Å². The van der Waals surface area contributed by atoms with E-state index < -0.39 is 23.5 Å². The molecular weight excluding hydrogens is 476 g/mol. The van der Waals surface area contributed by atoms with E-state index in [2.05, 4.69) is 18.7 Å². The molecule has 0 aliphatic carbocycles. The van der Waals surface area contributed by atoms with Gasteiger partial charge in [-0.25, -0.2) is 8.78 Å². The molecule has 1 fully saturated rings. The van der Waals surface area contributed by atoms with Crippen molar-refractivity contribution in [2.75, 3.05) is 19.7 Å². The van der Waals surface area contributed by atoms with Crippen LogP contribution in [-0.4, -0.2) is 40.9 Å². The minimum absolute atomic E-state index is 0.0318. The fourth-order valence-electron chi connectivity index (χ4n) is 5.20. The first-order valence-corrected chi connectivity index (χ1v) is 12.6. The highest BCUT2D eigenvalue weighted by molar-refractivity contribution is 5.96. The highest BCUT2D eigenvalue weighted by Crippen LogP contribution is 2.48. The predicted molar refractivity (Wildman–Crippen MR) is 139 cm³/mol. The van der Waals surface area contributed by atoms with Gasteiger partial charge in [0.25, 0.3) is 0 Å². The molecule has 3 unspecified atom stereocenters. The molecule has 3 atom stereocenters. The van der Waals surface area contributed by atoms with Crippen molar-refractivity contribution in [2.24, 2.45) is 5.92 Å². The van der Waals surface area contributed by atoms with Gasteiger partial charge in [0.2, 0.25) is 0 Å². The number of phenols is 2. The normalized spacial score (nSPS) is 20.5. The first-order chi connectivity index (χ1) is 17.7. The Morgan fingerprint density at radius 1 is 1.05 bits per heavy atom. The molecule has 5 rings (SSSR count). The highest BCUT2D eigenvalue weighted by Gasteiger charge is 2.32. The van der Waals surface area contributed by atoms with Gasteiger partial charge in [0.15, 0.2) is 17.4 Å². The van der Waals surface area contributed by atoms with Gasteiger partial charge in [-0.3, -0.25) is 4.90 Å². The third kappa shape index (κ3) is 4.88. The number of hydrogen-bond acceptors (Lipinski definition) is 5. The van der Waals surface area contributed by atoms with E-state index in [1.54, 1.807) is 19.1 Å². The Labute approximate surface area is 215 Å². The maximum absolute atomic E-state index is 15.1. The summed E-state index contributed by atoms with van der Waals surface area (Å²) < 4.78 is 41.3. The minimum atomic E-state index is -1.06. The van der Waals surface area contributed by atoms with Crippen molar-refractivity contribution in [3.8, 4) is 23.0 Å². The Hall–Kier alpha value is -3.58. The summed E-state index contributed by atoms with van der Waals surface area (Å²) in [6, 6.07) is 14.8. The van der Waals surface area contributed by atoms with E-state index in [1.165, 1.54) is 18.6 Å². The second-order valence-electron chi connectivity index (χ2n) is 10.1. The average Bonchev–Trinajstić information content (AvgIpc) is 3.33. The quantitative estimate of drug-likeness (QED) is 0.396. The summed E-state index contributed by atoms with van der Waals surface area (Å²) in [6.07, 6.45) is 0.487. The van der Waals surface area contributed by atoms with Crippen molar-refractivity contribution in [1.82, 2.24) is 4.90 Å². The third-order valence-electron chi connectivity index (χ3n) is 7.39. The van der Waals surface area contributed by atoms with E-state index in [0.29, 0.717) is 41.0 Å². The number of fused-ring (bicyclic) bond motifs is 1. The van der Waals surface area contributed by atoms with Crippen LogP contribution in [0.2, 0.25) is 0 Å². The zero-order valence-corrected chi connectivity index (χ0v) is 21.2. The molecule has 0 radical (unpaired) electrons. The summed E-state index contributed by atoms with van der Waals surface area (Å²) in [5, 5.41) is 20.0. The van der Waals surface area contributed by atoms with Gasteiger partial charge in [-0.1, -0.05) is 19.1 Å². The number of benzene rings is 3. The van der Waals surface area contributed by atoms with Crippen molar-refractivity contribution < 1.29 is 28.5 Å². The number of allylic oxidation sites excluding steroid dienone is 1. The van der Waals surface area contributed by atoms with Gasteiger partial charge in [0.1, 0.15) is 30.0 Å². The molecule has 2 aliphatic rings. The van der Waals surface area contributed by atoms with Crippen LogP contribution >= 0.6 is 0 Å². The molecule has 1 saturated heterocycles.